The van der Waals surface area contributed by atoms with Gasteiger partial charge in [-0.2, -0.15) is 0 Å². The third-order valence-electron chi connectivity index (χ3n) is 5.82. The molecule has 4 rings (SSSR count). The smallest absolute Gasteiger partial charge is 0.251 e. The second-order valence-electron chi connectivity index (χ2n) is 7.65. The highest BCUT2D eigenvalue weighted by molar-refractivity contribution is 5.94. The lowest BCUT2D eigenvalue weighted by atomic mass is 9.95. The number of nitrogens with one attached hydrogen (secondary N) is 1. The van der Waals surface area contributed by atoms with Crippen molar-refractivity contribution in [3.05, 3.63) is 65.2 Å². The van der Waals surface area contributed by atoms with Crippen LogP contribution < -0.4 is 10.2 Å². The molecule has 2 heterocycles. The molecule has 2 aromatic rings. The largest absolute Gasteiger partial charge is 0.379 e. The number of anilines is 1. The molecule has 1 atom stereocenters. The molecule has 2 aliphatic rings. The summed E-state index contributed by atoms with van der Waals surface area (Å²) in [5.74, 6) is -0.0171. The van der Waals surface area contributed by atoms with Gasteiger partial charge in [0.2, 0.25) is 0 Å². The van der Waals surface area contributed by atoms with Crippen molar-refractivity contribution in [3.8, 4) is 0 Å². The Balaban J connectivity index is 1.54. The first-order valence-corrected chi connectivity index (χ1v) is 10.2. The summed E-state index contributed by atoms with van der Waals surface area (Å²) in [7, 11) is 2.16. The second-order valence-corrected chi connectivity index (χ2v) is 7.65. The molecule has 0 bridgehead atoms. The lowest BCUT2D eigenvalue weighted by molar-refractivity contribution is 0.0162. The number of fused-ring (bicyclic) bond motifs is 1. The van der Waals surface area contributed by atoms with Crippen LogP contribution in [-0.2, 0) is 11.2 Å². The molecule has 1 saturated heterocycles. The number of hydrogen-bond donors (Lipinski definition) is 1. The predicted octanol–water partition coefficient (Wildman–Crippen LogP) is 2.87. The van der Waals surface area contributed by atoms with E-state index in [-0.39, 0.29) is 11.9 Å². The zero-order valence-corrected chi connectivity index (χ0v) is 16.6. The van der Waals surface area contributed by atoms with Crippen LogP contribution in [0.5, 0.6) is 0 Å². The van der Waals surface area contributed by atoms with E-state index in [1.807, 2.05) is 30.3 Å². The highest BCUT2D eigenvalue weighted by Crippen LogP contribution is 2.31. The van der Waals surface area contributed by atoms with Crippen LogP contribution in [0.4, 0.5) is 5.69 Å². The van der Waals surface area contributed by atoms with Gasteiger partial charge in [0.1, 0.15) is 0 Å². The molecular formula is C23H29N3O2. The number of amides is 1. The number of aryl methyl sites for hydroxylation is 1. The van der Waals surface area contributed by atoms with Crippen LogP contribution in [0.1, 0.15) is 33.9 Å². The Labute approximate surface area is 167 Å². The van der Waals surface area contributed by atoms with Crippen LogP contribution >= 0.6 is 0 Å². The topological polar surface area (TPSA) is 44.8 Å². The van der Waals surface area contributed by atoms with Crippen LogP contribution in [0.25, 0.3) is 0 Å². The fraction of sp³-hybridized carbons (Fsp3) is 0.435. The number of rotatable bonds is 5. The van der Waals surface area contributed by atoms with E-state index in [1.54, 1.807) is 0 Å². The summed E-state index contributed by atoms with van der Waals surface area (Å²) in [6.45, 7) is 4.99. The van der Waals surface area contributed by atoms with Crippen molar-refractivity contribution in [2.75, 3.05) is 51.3 Å². The molecule has 1 fully saturated rings. The molecule has 5 nitrogen and oxygen atoms in total. The maximum Gasteiger partial charge on any atom is 0.251 e. The van der Waals surface area contributed by atoms with Crippen LogP contribution in [0, 0.1) is 0 Å². The van der Waals surface area contributed by atoms with E-state index in [9.17, 15) is 4.79 Å². The molecule has 0 aromatic heterocycles. The second kappa shape index (κ2) is 8.76. The summed E-state index contributed by atoms with van der Waals surface area (Å²) >= 11 is 0. The van der Waals surface area contributed by atoms with Crippen molar-refractivity contribution in [1.29, 1.82) is 0 Å². The normalized spacial score (nSPS) is 18.4. The van der Waals surface area contributed by atoms with Crippen LogP contribution in [0.2, 0.25) is 0 Å². The van der Waals surface area contributed by atoms with Gasteiger partial charge in [-0.1, -0.05) is 30.3 Å². The van der Waals surface area contributed by atoms with E-state index < -0.39 is 0 Å². The molecular weight excluding hydrogens is 350 g/mol. The van der Waals surface area contributed by atoms with Gasteiger partial charge in [-0.3, -0.25) is 9.69 Å². The zero-order valence-electron chi connectivity index (χ0n) is 16.6. The summed E-state index contributed by atoms with van der Waals surface area (Å²) in [5, 5.41) is 3.15. The third kappa shape index (κ3) is 4.21. The summed E-state index contributed by atoms with van der Waals surface area (Å²) < 4.78 is 5.55. The first-order chi connectivity index (χ1) is 13.7. The lowest BCUT2D eigenvalue weighted by Gasteiger charge is -2.36. The number of nitrogens with zero attached hydrogens (tertiary/aromatic N) is 2. The maximum atomic E-state index is 12.6. The van der Waals surface area contributed by atoms with Crippen molar-refractivity contribution in [2.45, 2.75) is 18.9 Å². The number of benzene rings is 2. The average Bonchev–Trinajstić information content (AvgIpc) is 2.75. The Morgan fingerprint density at radius 2 is 1.89 bits per heavy atom. The Kier molecular flexibility index (Phi) is 5.93. The molecule has 0 radical (unpaired) electrons. The minimum absolute atomic E-state index is 0.0171. The number of carbonyl (C=O) groups excluding carboxylic acids is 1. The van der Waals surface area contributed by atoms with E-state index in [1.165, 1.54) is 23.2 Å². The summed E-state index contributed by atoms with van der Waals surface area (Å²) in [4.78, 5) is 17.3. The molecule has 0 spiro atoms. The third-order valence-corrected chi connectivity index (χ3v) is 5.82. The minimum atomic E-state index is -0.0171. The monoisotopic (exact) mass is 379 g/mol. The number of ether oxygens (including phenoxy) is 1. The van der Waals surface area contributed by atoms with Gasteiger partial charge in [0.05, 0.1) is 19.3 Å². The summed E-state index contributed by atoms with van der Waals surface area (Å²) in [6, 6.07) is 16.4. The number of carbonyl (C=O) groups is 1. The van der Waals surface area contributed by atoms with Crippen molar-refractivity contribution < 1.29 is 9.53 Å². The SMILES string of the molecule is CN1CCCc2cc([C@@H](CNC(=O)c3ccccc3)N3CCOCC3)ccc21. The maximum absolute atomic E-state index is 12.6. The van der Waals surface area contributed by atoms with E-state index in [4.69, 9.17) is 4.74 Å². The van der Waals surface area contributed by atoms with Gasteiger partial charge in [0.15, 0.2) is 0 Å². The average molecular weight is 380 g/mol. The molecule has 0 saturated carbocycles. The molecule has 0 unspecified atom stereocenters. The Morgan fingerprint density at radius 1 is 1.11 bits per heavy atom. The van der Waals surface area contributed by atoms with Gasteiger partial charge in [-0.25, -0.2) is 0 Å². The number of hydrogen-bond acceptors (Lipinski definition) is 4. The zero-order chi connectivity index (χ0) is 19.3. The fourth-order valence-corrected chi connectivity index (χ4v) is 4.24. The van der Waals surface area contributed by atoms with Crippen LogP contribution in [0.15, 0.2) is 48.5 Å². The fourth-order valence-electron chi connectivity index (χ4n) is 4.24. The van der Waals surface area contributed by atoms with Crippen molar-refractivity contribution in [2.24, 2.45) is 0 Å². The van der Waals surface area contributed by atoms with Gasteiger partial charge in [-0.15, -0.1) is 0 Å². The highest BCUT2D eigenvalue weighted by atomic mass is 16.5. The minimum Gasteiger partial charge on any atom is -0.379 e. The highest BCUT2D eigenvalue weighted by Gasteiger charge is 2.25. The molecule has 0 aliphatic carbocycles. The number of morpholine rings is 1. The molecule has 148 valence electrons. The first kappa shape index (κ1) is 19.0. The Morgan fingerprint density at radius 3 is 2.68 bits per heavy atom. The van der Waals surface area contributed by atoms with Crippen molar-refractivity contribution in [1.82, 2.24) is 10.2 Å². The van der Waals surface area contributed by atoms with Crippen LogP contribution in [-0.4, -0.2) is 57.2 Å². The van der Waals surface area contributed by atoms with Crippen LogP contribution in [0.3, 0.4) is 0 Å². The van der Waals surface area contributed by atoms with Gasteiger partial charge >= 0.3 is 0 Å². The van der Waals surface area contributed by atoms with E-state index in [0.717, 1.165) is 39.3 Å². The lowest BCUT2D eigenvalue weighted by Crippen LogP contribution is -2.44. The Bertz CT molecular complexity index is 803. The first-order valence-electron chi connectivity index (χ1n) is 10.2. The van der Waals surface area contributed by atoms with Crippen molar-refractivity contribution >= 4 is 11.6 Å². The molecule has 1 N–H and O–H groups in total. The Hall–Kier alpha value is -2.37. The quantitative estimate of drug-likeness (QED) is 0.868. The van der Waals surface area contributed by atoms with Gasteiger partial charge in [0, 0.05) is 44.5 Å². The van der Waals surface area contributed by atoms with Gasteiger partial charge < -0.3 is 15.0 Å². The molecule has 2 aromatic carbocycles. The molecule has 5 heteroatoms. The summed E-state index contributed by atoms with van der Waals surface area (Å²) in [6.07, 6.45) is 2.32. The van der Waals surface area contributed by atoms with Gasteiger partial charge in [-0.05, 0) is 42.2 Å². The molecule has 1 amide bonds. The van der Waals surface area contributed by atoms with E-state index in [0.29, 0.717) is 12.1 Å². The predicted molar refractivity (Wildman–Crippen MR) is 112 cm³/mol. The van der Waals surface area contributed by atoms with Gasteiger partial charge in [0.25, 0.3) is 5.91 Å². The van der Waals surface area contributed by atoms with E-state index in [2.05, 4.69) is 40.4 Å². The summed E-state index contributed by atoms with van der Waals surface area (Å²) in [5.41, 5.74) is 4.74. The molecule has 28 heavy (non-hydrogen) atoms. The standard InChI is InChI=1S/C23H29N3O2/c1-25-11-5-8-19-16-20(9-10-21(19)25)22(26-12-14-28-15-13-26)17-24-23(27)18-6-3-2-4-7-18/h2-4,6-7,9-10,16,22H,5,8,11-15,17H2,1H3,(H,24,27)/t22-/m1/s1. The molecule has 2 aliphatic heterocycles. The van der Waals surface area contributed by atoms with Crippen molar-refractivity contribution in [3.63, 3.8) is 0 Å². The van der Waals surface area contributed by atoms with E-state index >= 15 is 0 Å².